The van der Waals surface area contributed by atoms with Crippen molar-refractivity contribution in [3.8, 4) is 0 Å². The number of anilines is 1. The van der Waals surface area contributed by atoms with E-state index in [9.17, 15) is 9.59 Å². The summed E-state index contributed by atoms with van der Waals surface area (Å²) in [6.45, 7) is 6.36. The fraction of sp³-hybridized carbons (Fsp3) is 0.550. The molecule has 146 valence electrons. The Balaban J connectivity index is 1.60. The molecule has 0 saturated carbocycles. The van der Waals surface area contributed by atoms with Gasteiger partial charge in [0.1, 0.15) is 5.52 Å². The molecular weight excluding hydrogens is 346 g/mol. The van der Waals surface area contributed by atoms with Gasteiger partial charge < -0.3 is 19.3 Å². The number of aliphatic carboxylic acids is 1. The van der Waals surface area contributed by atoms with E-state index in [1.54, 1.807) is 4.90 Å². The summed E-state index contributed by atoms with van der Waals surface area (Å²) < 4.78 is 5.82. The SMILES string of the molecule is CC(C)CN(CCC(=O)O)C(=O)C1CCN(c2nc3ccccc3o2)CC1. The number of aromatic nitrogens is 1. The number of fused-ring (bicyclic) bond motifs is 1. The number of hydrogen-bond acceptors (Lipinski definition) is 5. The maximum Gasteiger partial charge on any atom is 0.305 e. The van der Waals surface area contributed by atoms with Gasteiger partial charge >= 0.3 is 5.97 Å². The number of carbonyl (C=O) groups excluding carboxylic acids is 1. The molecule has 0 unspecified atom stereocenters. The monoisotopic (exact) mass is 373 g/mol. The summed E-state index contributed by atoms with van der Waals surface area (Å²) in [5.74, 6) is -0.565. The largest absolute Gasteiger partial charge is 0.481 e. The van der Waals surface area contributed by atoms with Crippen LogP contribution in [0.1, 0.15) is 33.1 Å². The van der Waals surface area contributed by atoms with Crippen molar-refractivity contribution in [3.05, 3.63) is 24.3 Å². The molecule has 1 saturated heterocycles. The molecule has 27 heavy (non-hydrogen) atoms. The minimum Gasteiger partial charge on any atom is -0.481 e. The number of para-hydroxylation sites is 2. The van der Waals surface area contributed by atoms with E-state index < -0.39 is 5.97 Å². The van der Waals surface area contributed by atoms with Gasteiger partial charge in [-0.25, -0.2) is 0 Å². The Morgan fingerprint density at radius 1 is 1.30 bits per heavy atom. The van der Waals surface area contributed by atoms with Gasteiger partial charge in [-0.05, 0) is 30.9 Å². The van der Waals surface area contributed by atoms with Gasteiger partial charge in [0.05, 0.1) is 6.42 Å². The van der Waals surface area contributed by atoms with E-state index in [1.165, 1.54) is 0 Å². The van der Waals surface area contributed by atoms with Crippen molar-refractivity contribution in [3.63, 3.8) is 0 Å². The molecular formula is C20H27N3O4. The normalized spacial score (nSPS) is 15.4. The Kier molecular flexibility index (Phi) is 5.98. The van der Waals surface area contributed by atoms with Crippen molar-refractivity contribution in [2.24, 2.45) is 11.8 Å². The number of hydrogen-bond donors (Lipinski definition) is 1. The van der Waals surface area contributed by atoms with Gasteiger partial charge in [-0.3, -0.25) is 9.59 Å². The lowest BCUT2D eigenvalue weighted by Gasteiger charge is -2.34. The molecule has 1 aromatic carbocycles. The quantitative estimate of drug-likeness (QED) is 0.803. The Hall–Kier alpha value is -2.57. The van der Waals surface area contributed by atoms with Crippen molar-refractivity contribution >= 4 is 29.0 Å². The van der Waals surface area contributed by atoms with Crippen LogP contribution >= 0.6 is 0 Å². The average molecular weight is 373 g/mol. The summed E-state index contributed by atoms with van der Waals surface area (Å²) in [5.41, 5.74) is 1.60. The van der Waals surface area contributed by atoms with Gasteiger partial charge in [0.15, 0.2) is 5.58 Å². The molecule has 1 aromatic heterocycles. The van der Waals surface area contributed by atoms with E-state index in [2.05, 4.69) is 9.88 Å². The number of benzene rings is 1. The predicted molar refractivity (Wildman–Crippen MR) is 103 cm³/mol. The first-order chi connectivity index (χ1) is 12.9. The zero-order valence-corrected chi connectivity index (χ0v) is 15.9. The van der Waals surface area contributed by atoms with Crippen molar-refractivity contribution < 1.29 is 19.1 Å². The smallest absolute Gasteiger partial charge is 0.305 e. The molecule has 7 nitrogen and oxygen atoms in total. The van der Waals surface area contributed by atoms with E-state index in [-0.39, 0.29) is 24.8 Å². The molecule has 2 heterocycles. The lowest BCUT2D eigenvalue weighted by Crippen LogP contribution is -2.44. The highest BCUT2D eigenvalue weighted by molar-refractivity contribution is 5.80. The molecule has 3 rings (SSSR count). The second-order valence-electron chi connectivity index (χ2n) is 7.55. The Labute approximate surface area is 159 Å². The van der Waals surface area contributed by atoms with Crippen LogP contribution in [0, 0.1) is 11.8 Å². The molecule has 0 atom stereocenters. The number of amides is 1. The third-order valence-electron chi connectivity index (χ3n) is 4.89. The number of carboxylic acids is 1. The van der Waals surface area contributed by atoms with E-state index in [1.807, 2.05) is 38.1 Å². The molecule has 1 amide bonds. The second kappa shape index (κ2) is 8.41. The van der Waals surface area contributed by atoms with Gasteiger partial charge in [0, 0.05) is 32.1 Å². The molecule has 1 aliphatic rings. The summed E-state index contributed by atoms with van der Waals surface area (Å²) in [5, 5.41) is 8.95. The molecule has 1 N–H and O–H groups in total. The van der Waals surface area contributed by atoms with Gasteiger partial charge in [-0.15, -0.1) is 0 Å². The number of piperidine rings is 1. The molecule has 7 heteroatoms. The van der Waals surface area contributed by atoms with Crippen molar-refractivity contribution in [1.29, 1.82) is 0 Å². The maximum atomic E-state index is 12.9. The summed E-state index contributed by atoms with van der Waals surface area (Å²) in [4.78, 5) is 32.1. The van der Waals surface area contributed by atoms with Gasteiger partial charge in [0.25, 0.3) is 6.01 Å². The molecule has 0 spiro atoms. The number of rotatable bonds is 7. The molecule has 1 aliphatic heterocycles. The van der Waals surface area contributed by atoms with Crippen LogP contribution in [-0.4, -0.2) is 53.0 Å². The van der Waals surface area contributed by atoms with Gasteiger partial charge in [-0.1, -0.05) is 26.0 Å². The van der Waals surface area contributed by atoms with Crippen molar-refractivity contribution in [2.75, 3.05) is 31.1 Å². The van der Waals surface area contributed by atoms with E-state index in [0.29, 0.717) is 31.6 Å². The van der Waals surface area contributed by atoms with Crippen molar-refractivity contribution in [2.45, 2.75) is 33.1 Å². The summed E-state index contributed by atoms with van der Waals surface area (Å²) in [6.07, 6.45) is 1.43. The van der Waals surface area contributed by atoms with Crippen LogP contribution in [-0.2, 0) is 9.59 Å². The predicted octanol–water partition coefficient (Wildman–Crippen LogP) is 3.00. The van der Waals surface area contributed by atoms with Gasteiger partial charge in [0.2, 0.25) is 5.91 Å². The van der Waals surface area contributed by atoms with E-state index in [4.69, 9.17) is 9.52 Å². The average Bonchev–Trinajstić information content (AvgIpc) is 3.08. The first-order valence-electron chi connectivity index (χ1n) is 9.55. The third kappa shape index (κ3) is 4.78. The van der Waals surface area contributed by atoms with Crippen LogP contribution < -0.4 is 4.90 Å². The summed E-state index contributed by atoms with van der Waals surface area (Å²) in [6, 6.07) is 8.27. The zero-order valence-electron chi connectivity index (χ0n) is 15.9. The summed E-state index contributed by atoms with van der Waals surface area (Å²) in [7, 11) is 0. The van der Waals surface area contributed by atoms with Crippen LogP contribution in [0.4, 0.5) is 6.01 Å². The Morgan fingerprint density at radius 3 is 2.63 bits per heavy atom. The van der Waals surface area contributed by atoms with Crippen LogP contribution in [0.25, 0.3) is 11.1 Å². The van der Waals surface area contributed by atoms with E-state index in [0.717, 1.165) is 23.9 Å². The molecule has 0 aliphatic carbocycles. The van der Waals surface area contributed by atoms with Crippen LogP contribution in [0.2, 0.25) is 0 Å². The first kappa shape index (κ1) is 19.2. The fourth-order valence-corrected chi connectivity index (χ4v) is 3.53. The van der Waals surface area contributed by atoms with Gasteiger partial charge in [-0.2, -0.15) is 4.98 Å². The number of carbonyl (C=O) groups is 2. The second-order valence-corrected chi connectivity index (χ2v) is 7.55. The number of carboxylic acid groups (broad SMARTS) is 1. The minimum atomic E-state index is -0.873. The fourth-order valence-electron chi connectivity index (χ4n) is 3.53. The Bertz CT molecular complexity index is 760. The number of nitrogens with zero attached hydrogens (tertiary/aromatic N) is 3. The summed E-state index contributed by atoms with van der Waals surface area (Å²) >= 11 is 0. The molecule has 2 aromatic rings. The third-order valence-corrected chi connectivity index (χ3v) is 4.89. The van der Waals surface area contributed by atoms with Crippen LogP contribution in [0.15, 0.2) is 28.7 Å². The molecule has 1 fully saturated rings. The standard InChI is InChI=1S/C20H27N3O4/c1-14(2)13-23(12-9-18(24)25)19(26)15-7-10-22(11-8-15)20-21-16-5-3-4-6-17(16)27-20/h3-6,14-15H,7-13H2,1-2H3,(H,24,25). The van der Waals surface area contributed by atoms with E-state index >= 15 is 0 Å². The lowest BCUT2D eigenvalue weighted by atomic mass is 9.95. The Morgan fingerprint density at radius 2 is 2.00 bits per heavy atom. The maximum absolute atomic E-state index is 12.9. The lowest BCUT2D eigenvalue weighted by molar-refractivity contribution is -0.140. The van der Waals surface area contributed by atoms with Crippen LogP contribution in [0.5, 0.6) is 0 Å². The topological polar surface area (TPSA) is 86.9 Å². The molecule has 0 bridgehead atoms. The highest BCUT2D eigenvalue weighted by atomic mass is 16.4. The molecule has 0 radical (unpaired) electrons. The zero-order chi connectivity index (χ0) is 19.4. The number of oxazole rings is 1. The highest BCUT2D eigenvalue weighted by Gasteiger charge is 2.30. The highest BCUT2D eigenvalue weighted by Crippen LogP contribution is 2.27. The van der Waals surface area contributed by atoms with Crippen molar-refractivity contribution in [1.82, 2.24) is 9.88 Å². The first-order valence-corrected chi connectivity index (χ1v) is 9.55. The van der Waals surface area contributed by atoms with Crippen LogP contribution in [0.3, 0.4) is 0 Å². The minimum absolute atomic E-state index is 0.0137.